The van der Waals surface area contributed by atoms with Gasteiger partial charge in [-0.1, -0.05) is 68.9 Å². The fraction of sp³-hybridized carbons (Fsp3) is 0.655. The van der Waals surface area contributed by atoms with Crippen molar-refractivity contribution < 1.29 is 28.7 Å². The maximum atomic E-state index is 13.0. The van der Waals surface area contributed by atoms with E-state index in [9.17, 15) is 19.2 Å². The van der Waals surface area contributed by atoms with Crippen LogP contribution in [-0.2, 0) is 30.4 Å². The van der Waals surface area contributed by atoms with E-state index in [1.807, 2.05) is 30.3 Å². The molecule has 2 aliphatic carbocycles. The van der Waals surface area contributed by atoms with Crippen LogP contribution in [0.15, 0.2) is 30.3 Å². The quantitative estimate of drug-likeness (QED) is 0.213. The summed E-state index contributed by atoms with van der Waals surface area (Å²) in [5, 5.41) is 1.35. The zero-order valence-corrected chi connectivity index (χ0v) is 22.9. The number of esters is 2. The molecule has 1 saturated heterocycles. The smallest absolute Gasteiger partial charge is 0.342 e. The topological polar surface area (TPSA) is 105 Å². The number of amides is 3. The molecule has 3 fully saturated rings. The summed E-state index contributed by atoms with van der Waals surface area (Å²) in [5.74, 6) is 1.59. The number of carbonyl (C=O) groups is 4. The van der Waals surface area contributed by atoms with E-state index in [4.69, 9.17) is 9.47 Å². The average Bonchev–Trinajstić information content (AvgIpc) is 3.44. The number of benzene rings is 1. The van der Waals surface area contributed by atoms with Crippen molar-refractivity contribution in [2.24, 2.45) is 11.8 Å². The van der Waals surface area contributed by atoms with Crippen molar-refractivity contribution in [1.82, 2.24) is 15.3 Å². The molecular formula is C29H43N3O6. The molecule has 1 heterocycles. The molecule has 1 aromatic rings. The second-order valence-corrected chi connectivity index (χ2v) is 10.3. The first-order chi connectivity index (χ1) is 18.4. The minimum atomic E-state index is -0.617. The fourth-order valence-corrected chi connectivity index (χ4v) is 5.20. The lowest BCUT2D eigenvalue weighted by Crippen LogP contribution is -2.47. The van der Waals surface area contributed by atoms with Crippen LogP contribution in [0.1, 0.15) is 83.6 Å². The van der Waals surface area contributed by atoms with Crippen LogP contribution in [0.5, 0.6) is 0 Å². The number of hydrazine groups is 1. The molecule has 0 spiro atoms. The normalized spacial score (nSPS) is 21.6. The van der Waals surface area contributed by atoms with Gasteiger partial charge in [-0.25, -0.2) is 15.2 Å². The highest BCUT2D eigenvalue weighted by molar-refractivity contribution is 6.03. The first-order valence-electron chi connectivity index (χ1n) is 14.1. The minimum Gasteiger partial charge on any atom is -0.466 e. The van der Waals surface area contributed by atoms with Gasteiger partial charge in [0.25, 0.3) is 5.91 Å². The van der Waals surface area contributed by atoms with Gasteiger partial charge in [-0.05, 0) is 43.6 Å². The van der Waals surface area contributed by atoms with Crippen molar-refractivity contribution in [2.75, 3.05) is 19.8 Å². The average molecular weight is 530 g/mol. The van der Waals surface area contributed by atoms with E-state index < -0.39 is 18.0 Å². The Morgan fingerprint density at radius 3 is 2.32 bits per heavy atom. The van der Waals surface area contributed by atoms with Crippen LogP contribution in [0.2, 0.25) is 0 Å². The third-order valence-electron chi connectivity index (χ3n) is 7.31. The largest absolute Gasteiger partial charge is 0.466 e. The summed E-state index contributed by atoms with van der Waals surface area (Å²) in [7, 11) is 0. The standard InChI is InChI=1S/C23H33N3O6.C6H10/c1-3-31-21(28)14-10-5-4-9-13-20-22(29)25(17-19-11-7-6-8-12-19)23(30)26(20)24-15-16-32-18(2)27;1-2-5-4-6(5)3-1/h6-8,11-12,20,24H,3-5,9-10,13-17H2,1-2H3;5-6H,1-4H2. The van der Waals surface area contributed by atoms with Gasteiger partial charge in [-0.2, -0.15) is 0 Å². The molecule has 9 heteroatoms. The second-order valence-electron chi connectivity index (χ2n) is 10.3. The van der Waals surface area contributed by atoms with E-state index in [0.29, 0.717) is 19.4 Å². The molecule has 9 nitrogen and oxygen atoms in total. The summed E-state index contributed by atoms with van der Waals surface area (Å²) in [6.45, 7) is 4.02. The molecular weight excluding hydrogens is 486 g/mol. The van der Waals surface area contributed by atoms with E-state index in [1.165, 1.54) is 35.1 Å². The molecule has 3 atom stereocenters. The number of nitrogens with one attached hydrogen (secondary N) is 1. The van der Waals surface area contributed by atoms with E-state index in [2.05, 4.69) is 5.43 Å². The van der Waals surface area contributed by atoms with Crippen molar-refractivity contribution in [3.8, 4) is 0 Å². The molecule has 0 bridgehead atoms. The molecule has 2 saturated carbocycles. The number of nitrogens with zero attached hydrogens (tertiary/aromatic N) is 2. The Bertz CT molecular complexity index is 916. The highest BCUT2D eigenvalue weighted by Gasteiger charge is 2.44. The number of hydrogen-bond acceptors (Lipinski definition) is 7. The lowest BCUT2D eigenvalue weighted by Gasteiger charge is -2.22. The molecule has 38 heavy (non-hydrogen) atoms. The van der Waals surface area contributed by atoms with Gasteiger partial charge in [0.15, 0.2) is 0 Å². The molecule has 3 unspecified atom stereocenters. The molecule has 3 aliphatic rings. The van der Waals surface area contributed by atoms with E-state index in [-0.39, 0.29) is 31.6 Å². The van der Waals surface area contributed by atoms with Gasteiger partial charge in [0.1, 0.15) is 12.6 Å². The van der Waals surface area contributed by atoms with Crippen molar-refractivity contribution in [3.63, 3.8) is 0 Å². The number of imide groups is 1. The molecule has 210 valence electrons. The first kappa shape index (κ1) is 29.6. The Kier molecular flexibility index (Phi) is 12.1. The summed E-state index contributed by atoms with van der Waals surface area (Å²) < 4.78 is 9.83. The maximum Gasteiger partial charge on any atom is 0.342 e. The number of hydrogen-bond donors (Lipinski definition) is 1. The molecule has 3 amide bonds. The first-order valence-corrected chi connectivity index (χ1v) is 14.1. The van der Waals surface area contributed by atoms with E-state index in [1.54, 1.807) is 26.2 Å². The minimum absolute atomic E-state index is 0.104. The van der Waals surface area contributed by atoms with Gasteiger partial charge in [0, 0.05) is 19.9 Å². The Balaban J connectivity index is 0.000000572. The van der Waals surface area contributed by atoms with Gasteiger partial charge >= 0.3 is 18.0 Å². The van der Waals surface area contributed by atoms with Gasteiger partial charge in [0.2, 0.25) is 0 Å². The number of fused-ring (bicyclic) bond motifs is 1. The number of ether oxygens (including phenoxy) is 2. The van der Waals surface area contributed by atoms with E-state index in [0.717, 1.165) is 31.2 Å². The van der Waals surface area contributed by atoms with Crippen LogP contribution in [0, 0.1) is 11.8 Å². The summed E-state index contributed by atoms with van der Waals surface area (Å²) in [6.07, 6.45) is 10.3. The SMILES string of the molecule is C1CC2CC2C1.CCOC(=O)CCCCCCC1C(=O)N(Cc2ccccc2)C(=O)N1NCCOC(C)=O. The van der Waals surface area contributed by atoms with Crippen LogP contribution in [0.4, 0.5) is 4.79 Å². The molecule has 0 aromatic heterocycles. The Hall–Kier alpha value is -2.94. The summed E-state index contributed by atoms with van der Waals surface area (Å²) >= 11 is 0. The molecule has 4 rings (SSSR count). The summed E-state index contributed by atoms with van der Waals surface area (Å²) in [6, 6.07) is 8.32. The van der Waals surface area contributed by atoms with Crippen LogP contribution in [0.3, 0.4) is 0 Å². The third-order valence-corrected chi connectivity index (χ3v) is 7.31. The van der Waals surface area contributed by atoms with Crippen LogP contribution >= 0.6 is 0 Å². The monoisotopic (exact) mass is 529 g/mol. The van der Waals surface area contributed by atoms with E-state index >= 15 is 0 Å². The van der Waals surface area contributed by atoms with Gasteiger partial charge in [-0.15, -0.1) is 0 Å². The summed E-state index contributed by atoms with van der Waals surface area (Å²) in [5.41, 5.74) is 3.82. The Morgan fingerprint density at radius 1 is 1.00 bits per heavy atom. The Labute approximate surface area is 226 Å². The number of carbonyl (C=O) groups excluding carboxylic acids is 4. The fourth-order valence-electron chi connectivity index (χ4n) is 5.20. The molecule has 1 aliphatic heterocycles. The van der Waals surface area contributed by atoms with Crippen LogP contribution in [-0.4, -0.2) is 59.6 Å². The van der Waals surface area contributed by atoms with Crippen molar-refractivity contribution in [3.05, 3.63) is 35.9 Å². The number of rotatable bonds is 14. The lowest BCUT2D eigenvalue weighted by molar-refractivity contribution is -0.143. The number of urea groups is 1. The highest BCUT2D eigenvalue weighted by Crippen LogP contribution is 2.51. The molecule has 1 N–H and O–H groups in total. The second kappa shape index (κ2) is 15.5. The molecule has 1 aromatic carbocycles. The lowest BCUT2D eigenvalue weighted by atomic mass is 10.1. The highest BCUT2D eigenvalue weighted by atomic mass is 16.5. The molecule has 0 radical (unpaired) electrons. The van der Waals surface area contributed by atoms with Gasteiger partial charge in [0.05, 0.1) is 13.2 Å². The van der Waals surface area contributed by atoms with Crippen LogP contribution in [0.25, 0.3) is 0 Å². The maximum absolute atomic E-state index is 13.0. The zero-order valence-electron chi connectivity index (χ0n) is 22.9. The van der Waals surface area contributed by atoms with Crippen molar-refractivity contribution in [2.45, 2.75) is 90.6 Å². The van der Waals surface area contributed by atoms with Gasteiger partial charge in [-0.3, -0.25) is 19.3 Å². The van der Waals surface area contributed by atoms with Crippen molar-refractivity contribution >= 4 is 23.9 Å². The predicted octanol–water partition coefficient (Wildman–Crippen LogP) is 4.60. The number of unbranched alkanes of at least 4 members (excludes halogenated alkanes) is 3. The van der Waals surface area contributed by atoms with Crippen LogP contribution < -0.4 is 5.43 Å². The predicted molar refractivity (Wildman–Crippen MR) is 142 cm³/mol. The zero-order chi connectivity index (χ0) is 27.3. The summed E-state index contributed by atoms with van der Waals surface area (Å²) in [4.78, 5) is 49.6. The third kappa shape index (κ3) is 9.42. The Morgan fingerprint density at radius 2 is 1.71 bits per heavy atom. The van der Waals surface area contributed by atoms with Crippen molar-refractivity contribution in [1.29, 1.82) is 0 Å². The van der Waals surface area contributed by atoms with Gasteiger partial charge < -0.3 is 9.47 Å².